The van der Waals surface area contributed by atoms with E-state index >= 15 is 0 Å². The molecule has 0 saturated carbocycles. The van der Waals surface area contributed by atoms with Gasteiger partial charge in [-0.1, -0.05) is 39.5 Å². The van der Waals surface area contributed by atoms with Gasteiger partial charge in [-0.15, -0.1) is 0 Å². The summed E-state index contributed by atoms with van der Waals surface area (Å²) in [6.07, 6.45) is 1.50. The van der Waals surface area contributed by atoms with Crippen LogP contribution in [-0.2, 0) is 0 Å². The lowest BCUT2D eigenvalue weighted by molar-refractivity contribution is 0.0963. The Bertz CT molecular complexity index is 281. The maximum absolute atomic E-state index is 10.1. The standard InChI is InChI=1S/C15H28O2/c1-12(2)9-14(5,11-16)7-8-15(6,17)10-13(3)4/h12-13,16-17H,9-11H2,1-6H3. The molecule has 2 atom stereocenters. The number of hydrogen-bond acceptors (Lipinski definition) is 2. The van der Waals surface area contributed by atoms with Gasteiger partial charge in [0.2, 0.25) is 0 Å². The van der Waals surface area contributed by atoms with Crippen molar-refractivity contribution >= 4 is 0 Å². The van der Waals surface area contributed by atoms with Crippen LogP contribution >= 0.6 is 0 Å². The molecule has 2 nitrogen and oxygen atoms in total. The lowest BCUT2D eigenvalue weighted by Gasteiger charge is -2.25. The zero-order valence-electron chi connectivity index (χ0n) is 12.2. The Morgan fingerprint density at radius 1 is 0.941 bits per heavy atom. The normalized spacial score (nSPS) is 18.5. The van der Waals surface area contributed by atoms with Crippen molar-refractivity contribution in [3.05, 3.63) is 0 Å². The summed E-state index contributed by atoms with van der Waals surface area (Å²) in [7, 11) is 0. The van der Waals surface area contributed by atoms with E-state index in [9.17, 15) is 10.2 Å². The van der Waals surface area contributed by atoms with Gasteiger partial charge < -0.3 is 10.2 Å². The van der Waals surface area contributed by atoms with Crippen molar-refractivity contribution in [3.8, 4) is 11.8 Å². The van der Waals surface area contributed by atoms with E-state index in [-0.39, 0.29) is 6.61 Å². The predicted molar refractivity (Wildman–Crippen MR) is 72.5 cm³/mol. The molecular formula is C15H28O2. The van der Waals surface area contributed by atoms with E-state index < -0.39 is 11.0 Å². The van der Waals surface area contributed by atoms with Crippen molar-refractivity contribution < 1.29 is 10.2 Å². The SMILES string of the molecule is CC(C)CC(C)(O)C#CC(C)(CO)CC(C)C. The predicted octanol–water partition coefficient (Wildman–Crippen LogP) is 2.83. The minimum atomic E-state index is -0.957. The highest BCUT2D eigenvalue weighted by atomic mass is 16.3. The second kappa shape index (κ2) is 6.42. The second-order valence-corrected chi connectivity index (χ2v) is 6.44. The number of hydrogen-bond donors (Lipinski definition) is 2. The molecule has 17 heavy (non-hydrogen) atoms. The molecule has 0 aliphatic heterocycles. The zero-order chi connectivity index (χ0) is 13.7. The summed E-state index contributed by atoms with van der Waals surface area (Å²) < 4.78 is 0. The van der Waals surface area contributed by atoms with Gasteiger partial charge in [-0.3, -0.25) is 0 Å². The number of aliphatic hydroxyl groups is 2. The molecule has 0 amide bonds. The summed E-state index contributed by atoms with van der Waals surface area (Å²) in [5.74, 6) is 6.90. The maximum atomic E-state index is 10.1. The van der Waals surface area contributed by atoms with Crippen molar-refractivity contribution in [2.24, 2.45) is 17.3 Å². The zero-order valence-corrected chi connectivity index (χ0v) is 12.2. The molecule has 0 spiro atoms. The molecule has 2 N–H and O–H groups in total. The molecule has 0 aliphatic rings. The summed E-state index contributed by atoms with van der Waals surface area (Å²) >= 11 is 0. The van der Waals surface area contributed by atoms with Crippen LogP contribution in [0.2, 0.25) is 0 Å². The Kier molecular flexibility index (Phi) is 6.23. The molecule has 0 rings (SSSR count). The Hall–Kier alpha value is -0.520. The summed E-state index contributed by atoms with van der Waals surface area (Å²) in [4.78, 5) is 0. The van der Waals surface area contributed by atoms with Gasteiger partial charge in [0.1, 0.15) is 5.60 Å². The van der Waals surface area contributed by atoms with E-state index in [1.54, 1.807) is 6.92 Å². The first-order valence-corrected chi connectivity index (χ1v) is 6.48. The van der Waals surface area contributed by atoms with Crippen molar-refractivity contribution in [1.82, 2.24) is 0 Å². The molecule has 0 bridgehead atoms. The third-order valence-electron chi connectivity index (χ3n) is 2.65. The van der Waals surface area contributed by atoms with Crippen molar-refractivity contribution in [3.63, 3.8) is 0 Å². The first-order chi connectivity index (χ1) is 7.60. The molecule has 0 radical (unpaired) electrons. The van der Waals surface area contributed by atoms with Gasteiger partial charge in [-0.05, 0) is 38.5 Å². The van der Waals surface area contributed by atoms with E-state index in [2.05, 4.69) is 39.5 Å². The minimum absolute atomic E-state index is 0.0376. The Balaban J connectivity index is 4.77. The summed E-state index contributed by atoms with van der Waals surface area (Å²) in [6.45, 7) is 12.1. The Morgan fingerprint density at radius 3 is 1.76 bits per heavy atom. The average Bonchev–Trinajstić information content (AvgIpc) is 2.12. The van der Waals surface area contributed by atoms with Gasteiger partial charge in [-0.25, -0.2) is 0 Å². The Labute approximate surface area is 106 Å². The smallest absolute Gasteiger partial charge is 0.123 e. The van der Waals surface area contributed by atoms with Crippen LogP contribution in [0.15, 0.2) is 0 Å². The fourth-order valence-corrected chi connectivity index (χ4v) is 2.19. The van der Waals surface area contributed by atoms with E-state index in [0.717, 1.165) is 6.42 Å². The largest absolute Gasteiger partial charge is 0.395 e. The summed E-state index contributed by atoms with van der Waals surface area (Å²) in [5.41, 5.74) is -1.36. The summed E-state index contributed by atoms with van der Waals surface area (Å²) in [5, 5.41) is 19.6. The first kappa shape index (κ1) is 16.5. The second-order valence-electron chi connectivity index (χ2n) is 6.44. The molecule has 100 valence electrons. The van der Waals surface area contributed by atoms with E-state index in [1.807, 2.05) is 6.92 Å². The van der Waals surface area contributed by atoms with Crippen LogP contribution in [0.25, 0.3) is 0 Å². The number of rotatable bonds is 5. The lowest BCUT2D eigenvalue weighted by Crippen LogP contribution is -2.27. The first-order valence-electron chi connectivity index (χ1n) is 6.48. The molecule has 0 aromatic carbocycles. The number of aliphatic hydroxyl groups excluding tert-OH is 1. The van der Waals surface area contributed by atoms with Gasteiger partial charge in [0.05, 0.1) is 12.0 Å². The molecule has 0 aliphatic carbocycles. The topological polar surface area (TPSA) is 40.5 Å². The van der Waals surface area contributed by atoms with Crippen LogP contribution in [0.4, 0.5) is 0 Å². The van der Waals surface area contributed by atoms with Gasteiger partial charge in [-0.2, -0.15) is 0 Å². The third-order valence-corrected chi connectivity index (χ3v) is 2.65. The molecule has 2 unspecified atom stereocenters. The molecule has 0 heterocycles. The fraction of sp³-hybridized carbons (Fsp3) is 0.867. The van der Waals surface area contributed by atoms with Gasteiger partial charge >= 0.3 is 0 Å². The Morgan fingerprint density at radius 2 is 1.41 bits per heavy atom. The minimum Gasteiger partial charge on any atom is -0.395 e. The quantitative estimate of drug-likeness (QED) is 0.725. The van der Waals surface area contributed by atoms with Crippen LogP contribution in [0, 0.1) is 29.1 Å². The van der Waals surface area contributed by atoms with Crippen LogP contribution in [0.5, 0.6) is 0 Å². The van der Waals surface area contributed by atoms with Crippen LogP contribution in [0.1, 0.15) is 54.4 Å². The van der Waals surface area contributed by atoms with E-state index in [1.165, 1.54) is 0 Å². The van der Waals surface area contributed by atoms with Crippen molar-refractivity contribution in [1.29, 1.82) is 0 Å². The molecule has 0 fully saturated rings. The van der Waals surface area contributed by atoms with Crippen molar-refractivity contribution in [2.75, 3.05) is 6.61 Å². The average molecular weight is 240 g/mol. The molecule has 0 aromatic rings. The highest BCUT2D eigenvalue weighted by molar-refractivity contribution is 5.18. The van der Waals surface area contributed by atoms with E-state index in [4.69, 9.17) is 0 Å². The fourth-order valence-electron chi connectivity index (χ4n) is 2.19. The highest BCUT2D eigenvalue weighted by Crippen LogP contribution is 2.25. The van der Waals surface area contributed by atoms with Crippen molar-refractivity contribution in [2.45, 2.75) is 60.0 Å². The lowest BCUT2D eigenvalue weighted by atomic mass is 9.82. The van der Waals surface area contributed by atoms with Crippen LogP contribution < -0.4 is 0 Å². The molecule has 0 aromatic heterocycles. The molecule has 0 saturated heterocycles. The molecular weight excluding hydrogens is 212 g/mol. The molecule has 2 heteroatoms. The highest BCUT2D eigenvalue weighted by Gasteiger charge is 2.24. The monoisotopic (exact) mass is 240 g/mol. The van der Waals surface area contributed by atoms with E-state index in [0.29, 0.717) is 18.3 Å². The van der Waals surface area contributed by atoms with Gasteiger partial charge in [0.15, 0.2) is 0 Å². The summed E-state index contributed by atoms with van der Waals surface area (Å²) in [6, 6.07) is 0. The van der Waals surface area contributed by atoms with Crippen LogP contribution in [-0.4, -0.2) is 22.4 Å². The third kappa shape index (κ3) is 7.41. The van der Waals surface area contributed by atoms with Gasteiger partial charge in [0.25, 0.3) is 0 Å². The van der Waals surface area contributed by atoms with Crippen LogP contribution in [0.3, 0.4) is 0 Å². The maximum Gasteiger partial charge on any atom is 0.123 e. The van der Waals surface area contributed by atoms with Gasteiger partial charge in [0, 0.05) is 0 Å².